The van der Waals surface area contributed by atoms with Crippen LogP contribution < -0.4 is 10.1 Å². The molecule has 0 atom stereocenters. The molecule has 5 heteroatoms. The fraction of sp³-hybridized carbons (Fsp3) is 0.308. The standard InChI is InChI=1S/C13H14BrN3O/c1-18-12-7-9(14)6-11(8-12)17-5-4-15-13(17)16-10-2-3-10/h4-8,10H,2-3H2,1H3,(H,15,16). The van der Waals surface area contributed by atoms with Gasteiger partial charge in [-0.25, -0.2) is 4.98 Å². The van der Waals surface area contributed by atoms with Crippen molar-refractivity contribution in [3.05, 3.63) is 35.1 Å². The van der Waals surface area contributed by atoms with Gasteiger partial charge >= 0.3 is 0 Å². The summed E-state index contributed by atoms with van der Waals surface area (Å²) in [6, 6.07) is 6.56. The van der Waals surface area contributed by atoms with Gasteiger partial charge in [-0.1, -0.05) is 15.9 Å². The molecule has 1 N–H and O–H groups in total. The van der Waals surface area contributed by atoms with E-state index in [1.807, 2.05) is 29.0 Å². The van der Waals surface area contributed by atoms with Gasteiger partial charge in [-0.05, 0) is 25.0 Å². The van der Waals surface area contributed by atoms with Gasteiger partial charge in [0.05, 0.1) is 12.8 Å². The summed E-state index contributed by atoms with van der Waals surface area (Å²) in [5.41, 5.74) is 1.03. The van der Waals surface area contributed by atoms with E-state index in [1.165, 1.54) is 12.8 Å². The van der Waals surface area contributed by atoms with Gasteiger partial charge in [0.25, 0.3) is 0 Å². The van der Waals surface area contributed by atoms with Gasteiger partial charge in [0.2, 0.25) is 5.95 Å². The van der Waals surface area contributed by atoms with Crippen LogP contribution >= 0.6 is 15.9 Å². The van der Waals surface area contributed by atoms with Crippen molar-refractivity contribution in [3.8, 4) is 11.4 Å². The van der Waals surface area contributed by atoms with Crippen LogP contribution in [0.25, 0.3) is 5.69 Å². The Morgan fingerprint density at radius 3 is 2.94 bits per heavy atom. The third kappa shape index (κ3) is 2.36. The van der Waals surface area contributed by atoms with E-state index in [0.717, 1.165) is 21.9 Å². The van der Waals surface area contributed by atoms with Crippen LogP contribution in [-0.2, 0) is 0 Å². The monoisotopic (exact) mass is 307 g/mol. The number of hydrogen-bond donors (Lipinski definition) is 1. The van der Waals surface area contributed by atoms with Crippen molar-refractivity contribution in [1.29, 1.82) is 0 Å². The maximum Gasteiger partial charge on any atom is 0.207 e. The molecule has 0 spiro atoms. The van der Waals surface area contributed by atoms with E-state index in [-0.39, 0.29) is 0 Å². The Morgan fingerprint density at radius 2 is 2.22 bits per heavy atom. The number of halogens is 1. The minimum Gasteiger partial charge on any atom is -0.497 e. The first-order chi connectivity index (χ1) is 8.76. The van der Waals surface area contributed by atoms with E-state index >= 15 is 0 Å². The molecule has 0 unspecified atom stereocenters. The average molecular weight is 308 g/mol. The first-order valence-corrected chi connectivity index (χ1v) is 6.70. The summed E-state index contributed by atoms with van der Waals surface area (Å²) in [5.74, 6) is 1.71. The van der Waals surface area contributed by atoms with Crippen molar-refractivity contribution in [2.75, 3.05) is 12.4 Å². The highest BCUT2D eigenvalue weighted by atomic mass is 79.9. The number of ether oxygens (including phenoxy) is 1. The second-order valence-corrected chi connectivity index (χ2v) is 5.30. The Labute approximate surface area is 114 Å². The number of methoxy groups -OCH3 is 1. The Bertz CT molecular complexity index is 563. The average Bonchev–Trinajstić information content (AvgIpc) is 3.04. The molecule has 1 fully saturated rings. The fourth-order valence-corrected chi connectivity index (χ4v) is 2.29. The second-order valence-electron chi connectivity index (χ2n) is 4.39. The molecule has 1 aromatic carbocycles. The molecule has 18 heavy (non-hydrogen) atoms. The first-order valence-electron chi connectivity index (χ1n) is 5.91. The molecule has 0 amide bonds. The molecular formula is C13H14BrN3O. The van der Waals surface area contributed by atoms with E-state index in [9.17, 15) is 0 Å². The molecule has 0 aliphatic heterocycles. The molecule has 0 radical (unpaired) electrons. The predicted octanol–water partition coefficient (Wildman–Crippen LogP) is 3.22. The van der Waals surface area contributed by atoms with E-state index in [4.69, 9.17) is 4.74 Å². The second kappa shape index (κ2) is 4.65. The van der Waals surface area contributed by atoms with Crippen LogP contribution in [-0.4, -0.2) is 22.7 Å². The summed E-state index contributed by atoms with van der Waals surface area (Å²) >= 11 is 3.49. The summed E-state index contributed by atoms with van der Waals surface area (Å²) in [7, 11) is 1.67. The van der Waals surface area contributed by atoms with Gasteiger partial charge in [-0.3, -0.25) is 4.57 Å². The third-order valence-corrected chi connectivity index (χ3v) is 3.38. The zero-order valence-corrected chi connectivity index (χ0v) is 11.6. The number of nitrogens with zero attached hydrogens (tertiary/aromatic N) is 2. The van der Waals surface area contributed by atoms with Crippen LogP contribution in [0.1, 0.15) is 12.8 Å². The van der Waals surface area contributed by atoms with Crippen LogP contribution in [0.3, 0.4) is 0 Å². The Balaban J connectivity index is 1.97. The van der Waals surface area contributed by atoms with Crippen LogP contribution in [0.15, 0.2) is 35.1 Å². The van der Waals surface area contributed by atoms with Crippen LogP contribution in [0.2, 0.25) is 0 Å². The molecule has 0 bridgehead atoms. The predicted molar refractivity (Wildman–Crippen MR) is 74.5 cm³/mol. The number of benzene rings is 1. The molecule has 1 aliphatic rings. The molecule has 0 saturated heterocycles. The molecule has 94 valence electrons. The minimum absolute atomic E-state index is 0.584. The first kappa shape index (κ1) is 11.6. The SMILES string of the molecule is COc1cc(Br)cc(-n2ccnc2NC2CC2)c1. The van der Waals surface area contributed by atoms with Crippen molar-refractivity contribution in [2.24, 2.45) is 0 Å². The Hall–Kier alpha value is -1.49. The number of nitrogens with one attached hydrogen (secondary N) is 1. The van der Waals surface area contributed by atoms with Gasteiger partial charge in [-0.15, -0.1) is 0 Å². The van der Waals surface area contributed by atoms with Crippen molar-refractivity contribution in [2.45, 2.75) is 18.9 Å². The topological polar surface area (TPSA) is 39.1 Å². The van der Waals surface area contributed by atoms with Crippen LogP contribution in [0.4, 0.5) is 5.95 Å². The normalized spacial score (nSPS) is 14.6. The Kier molecular flexibility index (Phi) is 2.99. The molecular weight excluding hydrogens is 294 g/mol. The summed E-state index contributed by atoms with van der Waals surface area (Å²) < 4.78 is 8.31. The van der Waals surface area contributed by atoms with Gasteiger partial charge in [0.15, 0.2) is 0 Å². The summed E-state index contributed by atoms with van der Waals surface area (Å²) in [6.07, 6.45) is 6.22. The van der Waals surface area contributed by atoms with E-state index < -0.39 is 0 Å². The highest BCUT2D eigenvalue weighted by molar-refractivity contribution is 9.10. The van der Waals surface area contributed by atoms with E-state index in [2.05, 4.69) is 26.2 Å². The van der Waals surface area contributed by atoms with Crippen molar-refractivity contribution >= 4 is 21.9 Å². The van der Waals surface area contributed by atoms with Crippen molar-refractivity contribution in [1.82, 2.24) is 9.55 Å². The molecule has 4 nitrogen and oxygen atoms in total. The van der Waals surface area contributed by atoms with Crippen LogP contribution in [0, 0.1) is 0 Å². The number of imidazole rings is 1. The molecule has 2 aromatic rings. The lowest BCUT2D eigenvalue weighted by Gasteiger charge is -2.11. The summed E-state index contributed by atoms with van der Waals surface area (Å²) in [5, 5.41) is 3.42. The molecule has 1 aromatic heterocycles. The number of aromatic nitrogens is 2. The van der Waals surface area contributed by atoms with E-state index in [1.54, 1.807) is 13.3 Å². The number of rotatable bonds is 4. The fourth-order valence-electron chi connectivity index (χ4n) is 1.83. The third-order valence-electron chi connectivity index (χ3n) is 2.92. The molecule has 3 rings (SSSR count). The molecule has 1 heterocycles. The van der Waals surface area contributed by atoms with Gasteiger partial charge in [0, 0.05) is 29.0 Å². The van der Waals surface area contributed by atoms with Crippen molar-refractivity contribution in [3.63, 3.8) is 0 Å². The number of hydrogen-bond acceptors (Lipinski definition) is 3. The zero-order valence-electron chi connectivity index (χ0n) is 10.1. The molecule has 1 aliphatic carbocycles. The lowest BCUT2D eigenvalue weighted by molar-refractivity contribution is 0.414. The van der Waals surface area contributed by atoms with Gasteiger partial charge in [-0.2, -0.15) is 0 Å². The lowest BCUT2D eigenvalue weighted by Crippen LogP contribution is -2.07. The van der Waals surface area contributed by atoms with Crippen LogP contribution in [0.5, 0.6) is 5.75 Å². The quantitative estimate of drug-likeness (QED) is 0.942. The maximum atomic E-state index is 5.28. The van der Waals surface area contributed by atoms with Crippen molar-refractivity contribution < 1.29 is 4.74 Å². The number of anilines is 1. The van der Waals surface area contributed by atoms with E-state index in [0.29, 0.717) is 6.04 Å². The lowest BCUT2D eigenvalue weighted by atomic mass is 10.3. The maximum absolute atomic E-state index is 5.28. The zero-order chi connectivity index (χ0) is 12.5. The largest absolute Gasteiger partial charge is 0.497 e. The van der Waals surface area contributed by atoms with Gasteiger partial charge < -0.3 is 10.1 Å². The minimum atomic E-state index is 0.584. The molecule has 1 saturated carbocycles. The smallest absolute Gasteiger partial charge is 0.207 e. The van der Waals surface area contributed by atoms with Gasteiger partial charge in [0.1, 0.15) is 5.75 Å². The summed E-state index contributed by atoms with van der Waals surface area (Å²) in [6.45, 7) is 0. The Morgan fingerprint density at radius 1 is 1.39 bits per heavy atom. The highest BCUT2D eigenvalue weighted by Gasteiger charge is 2.22. The highest BCUT2D eigenvalue weighted by Crippen LogP contribution is 2.28. The summed E-state index contributed by atoms with van der Waals surface area (Å²) in [4.78, 5) is 4.35.